The van der Waals surface area contributed by atoms with Crippen LogP contribution in [0.3, 0.4) is 0 Å². The fourth-order valence-corrected chi connectivity index (χ4v) is 1.71. The van der Waals surface area contributed by atoms with Gasteiger partial charge in [0.15, 0.2) is 0 Å². The van der Waals surface area contributed by atoms with Gasteiger partial charge in [-0.3, -0.25) is 0 Å². The van der Waals surface area contributed by atoms with Crippen LogP contribution in [-0.4, -0.2) is 33.7 Å². The minimum Gasteiger partial charge on any atom is -0.462 e. The average molecular weight is 266 g/mol. The molecule has 0 spiro atoms. The second-order valence-electron chi connectivity index (χ2n) is 3.43. The Labute approximate surface area is 102 Å². The zero-order valence-corrected chi connectivity index (χ0v) is 11.1. The van der Waals surface area contributed by atoms with E-state index in [0.717, 1.165) is 0 Å². The van der Waals surface area contributed by atoms with Gasteiger partial charge in [0.25, 0.3) is 0 Å². The minimum absolute atomic E-state index is 0.0136. The monoisotopic (exact) mass is 266 g/mol. The first-order chi connectivity index (χ1) is 7.78. The molecule has 0 rings (SSSR count). The molecule has 0 saturated carbocycles. The van der Waals surface area contributed by atoms with Gasteiger partial charge in [-0.25, -0.2) is 13.2 Å². The summed E-state index contributed by atoms with van der Waals surface area (Å²) in [5.74, 6) is -0.509. The van der Waals surface area contributed by atoms with Crippen molar-refractivity contribution in [3.63, 3.8) is 0 Å². The van der Waals surface area contributed by atoms with E-state index in [1.807, 2.05) is 0 Å². The first kappa shape index (κ1) is 16.1. The highest BCUT2D eigenvalue weighted by molar-refractivity contribution is 7.81. The van der Waals surface area contributed by atoms with E-state index >= 15 is 0 Å². The third-order valence-electron chi connectivity index (χ3n) is 1.65. The van der Waals surface area contributed by atoms with Crippen molar-refractivity contribution in [2.75, 3.05) is 13.2 Å². The third kappa shape index (κ3) is 7.89. The molecular formula is C10H18O6S. The standard InChI is InChI=1S/C10H18O6S/c1-5-15-17(12,13)16-9(4)6-7-14-10(11)8(2)3/h9H,2,5-7H2,1,3-4H3. The lowest BCUT2D eigenvalue weighted by atomic mass is 10.3. The number of carbonyl (C=O) groups excluding carboxylic acids is 1. The van der Waals surface area contributed by atoms with Gasteiger partial charge in [0.05, 0.1) is 19.3 Å². The van der Waals surface area contributed by atoms with Gasteiger partial charge < -0.3 is 4.74 Å². The van der Waals surface area contributed by atoms with Crippen LogP contribution in [0, 0.1) is 0 Å². The smallest absolute Gasteiger partial charge is 0.400 e. The highest BCUT2D eigenvalue weighted by Gasteiger charge is 2.16. The van der Waals surface area contributed by atoms with Gasteiger partial charge in [-0.15, -0.1) is 0 Å². The van der Waals surface area contributed by atoms with Crippen LogP contribution in [0.1, 0.15) is 27.2 Å². The molecule has 0 radical (unpaired) electrons. The van der Waals surface area contributed by atoms with Crippen LogP contribution in [0.4, 0.5) is 0 Å². The van der Waals surface area contributed by atoms with Crippen LogP contribution in [0.2, 0.25) is 0 Å². The molecule has 0 aromatic carbocycles. The van der Waals surface area contributed by atoms with E-state index in [0.29, 0.717) is 5.57 Å². The van der Waals surface area contributed by atoms with Crippen molar-refractivity contribution in [2.24, 2.45) is 0 Å². The molecule has 6 nitrogen and oxygen atoms in total. The summed E-state index contributed by atoms with van der Waals surface area (Å²) in [4.78, 5) is 11.0. The van der Waals surface area contributed by atoms with Crippen molar-refractivity contribution in [1.82, 2.24) is 0 Å². The van der Waals surface area contributed by atoms with Crippen LogP contribution in [-0.2, 0) is 28.3 Å². The minimum atomic E-state index is -3.96. The lowest BCUT2D eigenvalue weighted by Gasteiger charge is -2.12. The molecule has 0 N–H and O–H groups in total. The Morgan fingerprint density at radius 2 is 2.00 bits per heavy atom. The number of rotatable bonds is 8. The number of hydrogen-bond donors (Lipinski definition) is 0. The maximum Gasteiger partial charge on any atom is 0.400 e. The Kier molecular flexibility index (Phi) is 7.01. The van der Waals surface area contributed by atoms with E-state index in [2.05, 4.69) is 14.9 Å². The van der Waals surface area contributed by atoms with Crippen LogP contribution in [0.25, 0.3) is 0 Å². The number of esters is 1. The molecule has 0 fully saturated rings. The van der Waals surface area contributed by atoms with Crippen molar-refractivity contribution in [1.29, 1.82) is 0 Å². The van der Waals surface area contributed by atoms with Crippen LogP contribution < -0.4 is 0 Å². The second-order valence-corrected chi connectivity index (χ2v) is 4.67. The molecule has 0 aliphatic rings. The third-order valence-corrected chi connectivity index (χ3v) is 2.74. The molecule has 1 atom stereocenters. The summed E-state index contributed by atoms with van der Waals surface area (Å²) in [5.41, 5.74) is 0.292. The van der Waals surface area contributed by atoms with E-state index in [1.165, 1.54) is 6.92 Å². The van der Waals surface area contributed by atoms with E-state index < -0.39 is 22.5 Å². The van der Waals surface area contributed by atoms with E-state index in [1.54, 1.807) is 13.8 Å². The molecule has 0 bridgehead atoms. The Morgan fingerprint density at radius 1 is 1.41 bits per heavy atom. The zero-order valence-electron chi connectivity index (χ0n) is 10.3. The summed E-state index contributed by atoms with van der Waals surface area (Å²) in [6, 6.07) is 0. The van der Waals surface area contributed by atoms with Crippen molar-refractivity contribution >= 4 is 16.4 Å². The average Bonchev–Trinajstić information content (AvgIpc) is 2.15. The number of ether oxygens (including phenoxy) is 1. The Bertz CT molecular complexity index is 359. The maximum atomic E-state index is 11.1. The summed E-state index contributed by atoms with van der Waals surface area (Å²) in [7, 11) is -3.96. The van der Waals surface area contributed by atoms with Crippen LogP contribution in [0.5, 0.6) is 0 Å². The van der Waals surface area contributed by atoms with Crippen LogP contribution in [0.15, 0.2) is 12.2 Å². The van der Waals surface area contributed by atoms with Crippen LogP contribution >= 0.6 is 0 Å². The van der Waals surface area contributed by atoms with E-state index in [4.69, 9.17) is 4.74 Å². The van der Waals surface area contributed by atoms with Gasteiger partial charge in [0, 0.05) is 12.0 Å². The summed E-state index contributed by atoms with van der Waals surface area (Å²) < 4.78 is 36.0. The molecule has 100 valence electrons. The Morgan fingerprint density at radius 3 is 2.47 bits per heavy atom. The molecular weight excluding hydrogens is 248 g/mol. The second kappa shape index (κ2) is 7.41. The first-order valence-corrected chi connectivity index (χ1v) is 6.52. The van der Waals surface area contributed by atoms with Gasteiger partial charge in [-0.05, 0) is 20.8 Å². The molecule has 0 saturated heterocycles. The summed E-state index contributed by atoms with van der Waals surface area (Å²) >= 11 is 0. The van der Waals surface area contributed by atoms with E-state index in [9.17, 15) is 13.2 Å². The summed E-state index contributed by atoms with van der Waals surface area (Å²) in [6.07, 6.45) is -0.366. The van der Waals surface area contributed by atoms with Crippen molar-refractivity contribution in [3.8, 4) is 0 Å². The maximum absolute atomic E-state index is 11.1. The molecule has 17 heavy (non-hydrogen) atoms. The largest absolute Gasteiger partial charge is 0.462 e. The predicted molar refractivity (Wildman–Crippen MR) is 61.5 cm³/mol. The first-order valence-electron chi connectivity index (χ1n) is 5.18. The van der Waals surface area contributed by atoms with Gasteiger partial charge in [0.1, 0.15) is 0 Å². The predicted octanol–water partition coefficient (Wildman–Crippen LogP) is 1.18. The van der Waals surface area contributed by atoms with Crippen molar-refractivity contribution < 1.29 is 26.3 Å². The zero-order chi connectivity index (χ0) is 13.5. The lowest BCUT2D eigenvalue weighted by molar-refractivity contribution is -0.139. The molecule has 0 heterocycles. The molecule has 0 aromatic heterocycles. The van der Waals surface area contributed by atoms with Crippen molar-refractivity contribution in [2.45, 2.75) is 33.3 Å². The molecule has 0 aliphatic carbocycles. The highest BCUT2D eigenvalue weighted by Crippen LogP contribution is 2.06. The fraction of sp³-hybridized carbons (Fsp3) is 0.700. The number of hydrogen-bond acceptors (Lipinski definition) is 6. The Balaban J connectivity index is 3.92. The molecule has 7 heteroatoms. The highest BCUT2D eigenvalue weighted by atomic mass is 32.3. The Hall–Kier alpha value is -0.920. The van der Waals surface area contributed by atoms with Gasteiger partial charge >= 0.3 is 16.4 Å². The molecule has 0 aromatic rings. The van der Waals surface area contributed by atoms with Gasteiger partial charge in [-0.1, -0.05) is 6.58 Å². The quantitative estimate of drug-likeness (QED) is 0.485. The van der Waals surface area contributed by atoms with Crippen molar-refractivity contribution in [3.05, 3.63) is 12.2 Å². The molecule has 0 aliphatic heterocycles. The van der Waals surface area contributed by atoms with E-state index in [-0.39, 0.29) is 19.6 Å². The van der Waals surface area contributed by atoms with Gasteiger partial charge in [0.2, 0.25) is 0 Å². The lowest BCUT2D eigenvalue weighted by Crippen LogP contribution is -2.20. The SMILES string of the molecule is C=C(C)C(=O)OCCC(C)OS(=O)(=O)OCC. The molecule has 0 amide bonds. The normalized spacial score (nSPS) is 13.1. The fourth-order valence-electron chi connectivity index (χ4n) is 0.862. The topological polar surface area (TPSA) is 78.9 Å². The summed E-state index contributed by atoms with van der Waals surface area (Å²) in [5, 5.41) is 0. The van der Waals surface area contributed by atoms with Gasteiger partial charge in [-0.2, -0.15) is 8.42 Å². The number of carbonyl (C=O) groups is 1. The molecule has 1 unspecified atom stereocenters. The summed E-state index contributed by atoms with van der Waals surface area (Å²) in [6.45, 7) is 8.11.